The summed E-state index contributed by atoms with van der Waals surface area (Å²) in [6.45, 7) is 6.66. The van der Waals surface area contributed by atoms with Gasteiger partial charge in [-0.1, -0.05) is 111 Å². The summed E-state index contributed by atoms with van der Waals surface area (Å²) in [5.74, 6) is 0.314. The van der Waals surface area contributed by atoms with E-state index < -0.39 is 6.04 Å². The van der Waals surface area contributed by atoms with Crippen molar-refractivity contribution in [1.29, 1.82) is 0 Å². The molecule has 5 nitrogen and oxygen atoms in total. The van der Waals surface area contributed by atoms with Crippen LogP contribution in [0, 0.1) is 0 Å². The van der Waals surface area contributed by atoms with Gasteiger partial charge in [-0.2, -0.15) is 0 Å². The lowest BCUT2D eigenvalue weighted by molar-refractivity contribution is -0.143. The Morgan fingerprint density at radius 3 is 2.17 bits per heavy atom. The van der Waals surface area contributed by atoms with Gasteiger partial charge in [0, 0.05) is 23.5 Å². The summed E-state index contributed by atoms with van der Waals surface area (Å²) in [7, 11) is 0. The lowest BCUT2D eigenvalue weighted by atomic mass is 9.87. The van der Waals surface area contributed by atoms with Crippen molar-refractivity contribution in [2.24, 2.45) is 0 Å². The summed E-state index contributed by atoms with van der Waals surface area (Å²) in [6, 6.07) is 25.2. The van der Waals surface area contributed by atoms with Gasteiger partial charge in [-0.15, -0.1) is 0 Å². The van der Waals surface area contributed by atoms with Crippen molar-refractivity contribution in [3.8, 4) is 5.75 Å². The van der Waals surface area contributed by atoms with Crippen molar-refractivity contribution in [3.05, 3.63) is 100 Å². The van der Waals surface area contributed by atoms with E-state index in [9.17, 15) is 9.59 Å². The van der Waals surface area contributed by atoms with Gasteiger partial charge in [-0.25, -0.2) is 0 Å². The van der Waals surface area contributed by atoms with Gasteiger partial charge in [-0.05, 0) is 59.2 Å². The van der Waals surface area contributed by atoms with Crippen LogP contribution in [0.4, 0.5) is 0 Å². The van der Waals surface area contributed by atoms with Crippen molar-refractivity contribution < 1.29 is 14.3 Å². The number of halogens is 1. The number of carbonyl (C=O) groups is 2. The molecule has 1 atom stereocenters. The molecule has 0 aromatic heterocycles. The van der Waals surface area contributed by atoms with Gasteiger partial charge in [0.15, 0.2) is 6.61 Å². The highest BCUT2D eigenvalue weighted by molar-refractivity contribution is 9.10. The highest BCUT2D eigenvalue weighted by Gasteiger charge is 2.32. The fourth-order valence-electron chi connectivity index (χ4n) is 5.16. The molecule has 4 rings (SSSR count). The van der Waals surface area contributed by atoms with Gasteiger partial charge in [0.2, 0.25) is 5.91 Å². The van der Waals surface area contributed by atoms with Crippen molar-refractivity contribution in [3.63, 3.8) is 0 Å². The van der Waals surface area contributed by atoms with Crippen molar-refractivity contribution in [1.82, 2.24) is 10.2 Å². The number of nitrogens with one attached hydrogen (secondary N) is 1. The Morgan fingerprint density at radius 2 is 1.55 bits per heavy atom. The quantitative estimate of drug-likeness (QED) is 0.266. The van der Waals surface area contributed by atoms with E-state index in [-0.39, 0.29) is 29.9 Å². The molecule has 0 spiro atoms. The molecule has 212 valence electrons. The Morgan fingerprint density at radius 1 is 0.900 bits per heavy atom. The first-order valence-electron chi connectivity index (χ1n) is 14.3. The Bertz CT molecular complexity index is 1230. The van der Waals surface area contributed by atoms with Gasteiger partial charge in [0.05, 0.1) is 0 Å². The molecular formula is C34H41BrN2O3. The zero-order chi connectivity index (χ0) is 28.5. The van der Waals surface area contributed by atoms with Crippen molar-refractivity contribution >= 4 is 27.7 Å². The zero-order valence-corrected chi connectivity index (χ0v) is 25.5. The van der Waals surface area contributed by atoms with Gasteiger partial charge in [0.1, 0.15) is 11.8 Å². The molecule has 0 bridgehead atoms. The molecule has 1 aliphatic rings. The standard InChI is InChI=1S/C34H41BrN2O3/c1-34(2,3)27-16-20-30(21-17-27)40-24-32(38)37(23-26-14-18-28(35)19-15-26)31(22-25-10-6-4-7-11-25)33(39)36-29-12-8-5-9-13-29/h4,6-7,10-11,14-21,29,31H,5,8-9,12-13,22-24H2,1-3H3,(H,36,39)/t31-/m0/s1. The summed E-state index contributed by atoms with van der Waals surface area (Å²) in [6.07, 6.45) is 5.86. The molecule has 6 heteroatoms. The van der Waals surface area contributed by atoms with Crippen molar-refractivity contribution in [2.75, 3.05) is 6.61 Å². The lowest BCUT2D eigenvalue weighted by Crippen LogP contribution is -2.53. The average molecular weight is 606 g/mol. The predicted molar refractivity (Wildman–Crippen MR) is 164 cm³/mol. The van der Waals surface area contributed by atoms with E-state index >= 15 is 0 Å². The highest BCUT2D eigenvalue weighted by atomic mass is 79.9. The van der Waals surface area contributed by atoms with Gasteiger partial charge < -0.3 is 15.0 Å². The van der Waals surface area contributed by atoms with E-state index in [1.165, 1.54) is 12.0 Å². The first-order chi connectivity index (χ1) is 19.2. The number of carbonyl (C=O) groups excluding carboxylic acids is 2. The Balaban J connectivity index is 1.58. The third kappa shape index (κ3) is 8.69. The maximum Gasteiger partial charge on any atom is 0.261 e. The fraction of sp³-hybridized carbons (Fsp3) is 0.412. The Kier molecular flexibility index (Phi) is 10.4. The van der Waals surface area contributed by atoms with Gasteiger partial charge in [0.25, 0.3) is 5.91 Å². The first kappa shape index (κ1) is 29.9. The molecule has 0 saturated heterocycles. The second-order valence-electron chi connectivity index (χ2n) is 11.8. The van der Waals surface area contributed by atoms with Crippen LogP contribution in [0.25, 0.3) is 0 Å². The molecule has 2 amide bonds. The highest BCUT2D eigenvalue weighted by Crippen LogP contribution is 2.25. The van der Waals surface area contributed by atoms with E-state index in [0.717, 1.165) is 41.3 Å². The Labute approximate surface area is 247 Å². The smallest absolute Gasteiger partial charge is 0.261 e. The topological polar surface area (TPSA) is 58.6 Å². The maximum absolute atomic E-state index is 13.9. The predicted octanol–water partition coefficient (Wildman–Crippen LogP) is 7.21. The van der Waals surface area contributed by atoms with Crippen LogP contribution in [-0.2, 0) is 28.0 Å². The van der Waals surface area contributed by atoms with E-state index in [4.69, 9.17) is 4.74 Å². The van der Waals surface area contributed by atoms with Crippen LogP contribution in [0.15, 0.2) is 83.3 Å². The van der Waals surface area contributed by atoms with Crippen LogP contribution in [0.2, 0.25) is 0 Å². The summed E-state index contributed by atoms with van der Waals surface area (Å²) in [4.78, 5) is 29.4. The molecule has 0 heterocycles. The molecule has 1 fully saturated rings. The summed E-state index contributed by atoms with van der Waals surface area (Å²) in [5.41, 5.74) is 3.20. The van der Waals surface area contributed by atoms with Crippen LogP contribution in [0.1, 0.15) is 69.6 Å². The third-order valence-electron chi connectivity index (χ3n) is 7.57. The van der Waals surface area contributed by atoms with Crippen LogP contribution in [0.5, 0.6) is 5.75 Å². The minimum atomic E-state index is -0.660. The number of ether oxygens (including phenoxy) is 1. The molecule has 0 radical (unpaired) electrons. The average Bonchev–Trinajstić information content (AvgIpc) is 2.95. The number of nitrogens with zero attached hydrogens (tertiary/aromatic N) is 1. The van der Waals surface area contributed by atoms with Crippen LogP contribution < -0.4 is 10.1 Å². The normalized spacial score (nSPS) is 14.8. The SMILES string of the molecule is CC(C)(C)c1ccc(OCC(=O)N(Cc2ccc(Br)cc2)[C@@H](Cc2ccccc2)C(=O)NC2CCCCC2)cc1. The maximum atomic E-state index is 13.9. The molecule has 40 heavy (non-hydrogen) atoms. The van der Waals surface area contributed by atoms with Crippen LogP contribution >= 0.6 is 15.9 Å². The fourth-order valence-corrected chi connectivity index (χ4v) is 5.43. The number of rotatable bonds is 10. The van der Waals surface area contributed by atoms with Crippen LogP contribution in [-0.4, -0.2) is 35.4 Å². The first-order valence-corrected chi connectivity index (χ1v) is 15.1. The van der Waals surface area contributed by atoms with Crippen molar-refractivity contribution in [2.45, 2.75) is 83.3 Å². The molecule has 0 unspecified atom stereocenters. The molecule has 3 aromatic rings. The molecule has 1 N–H and O–H groups in total. The summed E-state index contributed by atoms with van der Waals surface area (Å²) < 4.78 is 6.94. The molecular weight excluding hydrogens is 564 g/mol. The van der Waals surface area contributed by atoms with E-state index in [1.807, 2.05) is 78.9 Å². The Hall–Kier alpha value is -3.12. The third-order valence-corrected chi connectivity index (χ3v) is 8.10. The van der Waals surface area contributed by atoms with E-state index in [1.54, 1.807) is 4.90 Å². The summed E-state index contributed by atoms with van der Waals surface area (Å²) in [5, 5.41) is 3.28. The second-order valence-corrected chi connectivity index (χ2v) is 12.7. The molecule has 1 aliphatic carbocycles. The zero-order valence-electron chi connectivity index (χ0n) is 23.9. The van der Waals surface area contributed by atoms with Gasteiger partial charge in [-0.3, -0.25) is 9.59 Å². The number of hydrogen-bond donors (Lipinski definition) is 1. The lowest BCUT2D eigenvalue weighted by Gasteiger charge is -2.33. The largest absolute Gasteiger partial charge is 0.484 e. The van der Waals surface area contributed by atoms with Crippen LogP contribution in [0.3, 0.4) is 0 Å². The monoisotopic (exact) mass is 604 g/mol. The molecule has 0 aliphatic heterocycles. The summed E-state index contributed by atoms with van der Waals surface area (Å²) >= 11 is 3.50. The second kappa shape index (κ2) is 14.0. The minimum absolute atomic E-state index is 0.0339. The van der Waals surface area contributed by atoms with E-state index in [0.29, 0.717) is 18.7 Å². The van der Waals surface area contributed by atoms with Gasteiger partial charge >= 0.3 is 0 Å². The molecule has 1 saturated carbocycles. The number of benzene rings is 3. The molecule has 3 aromatic carbocycles. The van der Waals surface area contributed by atoms with E-state index in [2.05, 4.69) is 42.0 Å². The number of hydrogen-bond acceptors (Lipinski definition) is 3. The minimum Gasteiger partial charge on any atom is -0.484 e. The number of amides is 2.